The van der Waals surface area contributed by atoms with E-state index in [1.54, 1.807) is 4.68 Å². The van der Waals surface area contributed by atoms with Gasteiger partial charge in [0.2, 0.25) is 11.1 Å². The molecule has 1 fully saturated rings. The molecule has 9 nitrogen and oxygen atoms in total. The van der Waals surface area contributed by atoms with E-state index in [0.717, 1.165) is 36.7 Å². The molecule has 1 unspecified atom stereocenters. The van der Waals surface area contributed by atoms with Gasteiger partial charge >= 0.3 is 0 Å². The molecule has 0 bridgehead atoms. The molecular weight excluding hydrogens is 362 g/mol. The molecule has 0 radical (unpaired) electrons. The molecule has 1 saturated heterocycles. The lowest BCUT2D eigenvalue weighted by Gasteiger charge is -2.10. The molecule has 4 rings (SSSR count). The topological polar surface area (TPSA) is 108 Å². The molecule has 130 valence electrons. The number of fused-ring (bicyclic) bond motifs is 1. The number of anilines is 1. The highest BCUT2D eigenvalue weighted by Crippen LogP contribution is 2.22. The smallest absolute Gasteiger partial charge is 0.234 e. The molecule has 0 saturated carbocycles. The number of carbonyl (C=O) groups excluding carboxylic acids is 1. The quantitative estimate of drug-likeness (QED) is 0.645. The first-order valence-corrected chi connectivity index (χ1v) is 9.53. The average molecular weight is 377 g/mol. The Morgan fingerprint density at radius 1 is 1.44 bits per heavy atom. The van der Waals surface area contributed by atoms with Crippen molar-refractivity contribution < 1.29 is 9.53 Å². The summed E-state index contributed by atoms with van der Waals surface area (Å²) >= 11 is 2.42. The molecule has 0 aliphatic carbocycles. The van der Waals surface area contributed by atoms with E-state index in [0.29, 0.717) is 22.9 Å². The first-order valence-electron chi connectivity index (χ1n) is 7.81. The summed E-state index contributed by atoms with van der Waals surface area (Å²) in [6, 6.07) is 5.52. The number of aromatic nitrogens is 6. The Hall–Kier alpha value is -2.11. The summed E-state index contributed by atoms with van der Waals surface area (Å²) in [5.74, 6) is 0.0667. The lowest BCUT2D eigenvalue weighted by atomic mass is 10.2. The lowest BCUT2D eigenvalue weighted by molar-refractivity contribution is -0.113. The van der Waals surface area contributed by atoms with Crippen LogP contribution in [-0.2, 0) is 16.1 Å². The van der Waals surface area contributed by atoms with E-state index in [9.17, 15) is 4.79 Å². The molecule has 1 atom stereocenters. The zero-order valence-electron chi connectivity index (χ0n) is 13.2. The highest BCUT2D eigenvalue weighted by atomic mass is 32.2. The van der Waals surface area contributed by atoms with Gasteiger partial charge in [0.25, 0.3) is 0 Å². The number of hydrogen-bond acceptors (Lipinski definition) is 9. The van der Waals surface area contributed by atoms with E-state index >= 15 is 0 Å². The zero-order valence-corrected chi connectivity index (χ0v) is 14.8. The van der Waals surface area contributed by atoms with E-state index in [-0.39, 0.29) is 17.8 Å². The van der Waals surface area contributed by atoms with Crippen molar-refractivity contribution in [2.75, 3.05) is 17.7 Å². The van der Waals surface area contributed by atoms with Crippen molar-refractivity contribution in [2.45, 2.75) is 30.6 Å². The Morgan fingerprint density at radius 2 is 2.40 bits per heavy atom. The number of tetrazole rings is 1. The number of ether oxygens (including phenoxy) is 1. The summed E-state index contributed by atoms with van der Waals surface area (Å²) in [7, 11) is 0. The summed E-state index contributed by atoms with van der Waals surface area (Å²) < 4.78 is 15.7. The van der Waals surface area contributed by atoms with Gasteiger partial charge in [-0.1, -0.05) is 17.8 Å². The predicted octanol–water partition coefficient (Wildman–Crippen LogP) is 1.59. The number of hydrogen-bond donors (Lipinski definition) is 1. The van der Waals surface area contributed by atoms with Gasteiger partial charge < -0.3 is 10.1 Å². The maximum atomic E-state index is 12.2. The number of thioether (sulfide) groups is 1. The van der Waals surface area contributed by atoms with Crippen molar-refractivity contribution in [2.24, 2.45) is 0 Å². The van der Waals surface area contributed by atoms with Gasteiger partial charge in [-0.2, -0.15) is 8.75 Å². The fourth-order valence-electron chi connectivity index (χ4n) is 2.62. The van der Waals surface area contributed by atoms with Crippen LogP contribution >= 0.6 is 23.5 Å². The van der Waals surface area contributed by atoms with Crippen LogP contribution in [0.3, 0.4) is 0 Å². The molecule has 2 aromatic heterocycles. The van der Waals surface area contributed by atoms with Crippen LogP contribution in [0.2, 0.25) is 0 Å². The fraction of sp³-hybridized carbons (Fsp3) is 0.429. The summed E-state index contributed by atoms with van der Waals surface area (Å²) in [5.41, 5.74) is 2.14. The summed E-state index contributed by atoms with van der Waals surface area (Å²) in [5, 5.41) is 15.1. The van der Waals surface area contributed by atoms with Gasteiger partial charge in [-0.3, -0.25) is 4.79 Å². The number of amides is 1. The van der Waals surface area contributed by atoms with E-state index in [1.165, 1.54) is 11.8 Å². The lowest BCUT2D eigenvalue weighted by Crippen LogP contribution is -2.18. The molecule has 1 aromatic carbocycles. The third-order valence-corrected chi connectivity index (χ3v) is 5.29. The Kier molecular flexibility index (Phi) is 4.85. The van der Waals surface area contributed by atoms with Crippen molar-refractivity contribution in [3.63, 3.8) is 0 Å². The van der Waals surface area contributed by atoms with Crippen LogP contribution in [0, 0.1) is 0 Å². The molecule has 0 spiro atoms. The molecule has 25 heavy (non-hydrogen) atoms. The van der Waals surface area contributed by atoms with Crippen molar-refractivity contribution in [1.82, 2.24) is 29.0 Å². The predicted molar refractivity (Wildman–Crippen MR) is 93.6 cm³/mol. The van der Waals surface area contributed by atoms with Gasteiger partial charge in [0, 0.05) is 6.61 Å². The van der Waals surface area contributed by atoms with Crippen molar-refractivity contribution in [3.05, 3.63) is 18.2 Å². The maximum absolute atomic E-state index is 12.2. The van der Waals surface area contributed by atoms with E-state index < -0.39 is 0 Å². The van der Waals surface area contributed by atoms with Crippen LogP contribution in [0.25, 0.3) is 11.0 Å². The normalized spacial score (nSPS) is 17.2. The van der Waals surface area contributed by atoms with Crippen LogP contribution in [0.4, 0.5) is 5.69 Å². The molecular formula is C14H15N7O2S2. The number of nitrogens with one attached hydrogen (secondary N) is 1. The third-order valence-electron chi connectivity index (χ3n) is 3.79. The minimum absolute atomic E-state index is 0.142. The van der Waals surface area contributed by atoms with E-state index in [4.69, 9.17) is 4.74 Å². The highest BCUT2D eigenvalue weighted by molar-refractivity contribution is 7.99. The monoisotopic (exact) mass is 377 g/mol. The molecule has 1 N–H and O–H groups in total. The van der Waals surface area contributed by atoms with Gasteiger partial charge in [0.1, 0.15) is 11.0 Å². The van der Waals surface area contributed by atoms with E-state index in [2.05, 4.69) is 29.6 Å². The molecule has 11 heteroatoms. The van der Waals surface area contributed by atoms with Crippen LogP contribution < -0.4 is 5.32 Å². The van der Waals surface area contributed by atoms with Crippen molar-refractivity contribution in [1.29, 1.82) is 0 Å². The second-order valence-corrected chi connectivity index (χ2v) is 7.02. The number of rotatable bonds is 6. The number of nitrogens with zero attached hydrogens (tertiary/aromatic N) is 6. The third kappa shape index (κ3) is 3.78. The molecule has 3 heterocycles. The Balaban J connectivity index is 1.36. The SMILES string of the molecule is O=C(CSc1nnnn1CC1CCCO1)Nc1cccc2nsnc12. The van der Waals surface area contributed by atoms with Crippen LogP contribution in [-0.4, -0.2) is 53.3 Å². The zero-order chi connectivity index (χ0) is 17.1. The Bertz CT molecular complexity index is 875. The number of carbonyl (C=O) groups is 1. The summed E-state index contributed by atoms with van der Waals surface area (Å²) in [6.45, 7) is 1.40. The van der Waals surface area contributed by atoms with Crippen LogP contribution in [0.15, 0.2) is 23.4 Å². The second kappa shape index (κ2) is 7.42. The van der Waals surface area contributed by atoms with Gasteiger partial charge in [-0.05, 0) is 35.4 Å². The van der Waals surface area contributed by atoms with E-state index in [1.807, 2.05) is 18.2 Å². The van der Waals surface area contributed by atoms with Crippen molar-refractivity contribution >= 4 is 46.1 Å². The summed E-state index contributed by atoms with van der Waals surface area (Å²) in [4.78, 5) is 12.2. The average Bonchev–Trinajstić information content (AvgIpc) is 3.35. The standard InChI is InChI=1S/C14H15N7O2S2/c22-12(15-10-4-1-5-11-13(10)18-25-17-11)8-24-14-16-19-20-21(14)7-9-3-2-6-23-9/h1,4-5,9H,2-3,6-8H2,(H,15,22). The molecule has 1 aliphatic rings. The van der Waals surface area contributed by atoms with Gasteiger partial charge in [0.05, 0.1) is 35.8 Å². The first kappa shape index (κ1) is 16.4. The molecule has 1 aliphatic heterocycles. The van der Waals surface area contributed by atoms with Gasteiger partial charge in [-0.15, -0.1) is 5.10 Å². The summed E-state index contributed by atoms with van der Waals surface area (Å²) in [6.07, 6.45) is 2.22. The van der Waals surface area contributed by atoms with Gasteiger partial charge in [-0.25, -0.2) is 4.68 Å². The second-order valence-electron chi connectivity index (χ2n) is 5.55. The van der Waals surface area contributed by atoms with Crippen LogP contribution in [0.1, 0.15) is 12.8 Å². The number of benzene rings is 1. The largest absolute Gasteiger partial charge is 0.376 e. The fourth-order valence-corrected chi connectivity index (χ4v) is 3.86. The minimum Gasteiger partial charge on any atom is -0.376 e. The van der Waals surface area contributed by atoms with Gasteiger partial charge in [0.15, 0.2) is 0 Å². The first-order chi connectivity index (χ1) is 12.3. The Morgan fingerprint density at radius 3 is 3.28 bits per heavy atom. The Labute approximate surface area is 151 Å². The van der Waals surface area contributed by atoms with Crippen LogP contribution in [0.5, 0.6) is 0 Å². The maximum Gasteiger partial charge on any atom is 0.234 e. The molecule has 3 aromatic rings. The molecule has 1 amide bonds. The van der Waals surface area contributed by atoms with Crippen molar-refractivity contribution in [3.8, 4) is 0 Å². The highest BCUT2D eigenvalue weighted by Gasteiger charge is 2.19. The minimum atomic E-state index is -0.142.